The van der Waals surface area contributed by atoms with Crippen LogP contribution in [0.15, 0.2) is 68.8 Å². The van der Waals surface area contributed by atoms with E-state index in [2.05, 4.69) is 5.32 Å². The minimum Gasteiger partial charge on any atom is -0.497 e. The molecule has 1 aliphatic heterocycles. The van der Waals surface area contributed by atoms with E-state index in [-0.39, 0.29) is 17.2 Å². The molecule has 0 radical (unpaired) electrons. The Morgan fingerprint density at radius 3 is 2.73 bits per heavy atom. The molecule has 0 atom stereocenters. The summed E-state index contributed by atoms with van der Waals surface area (Å²) in [5, 5.41) is 4.09. The van der Waals surface area contributed by atoms with E-state index in [1.807, 2.05) is 54.6 Å². The number of rotatable bonds is 6. The maximum Gasteiger partial charge on any atom is 0.267 e. The van der Waals surface area contributed by atoms with Gasteiger partial charge in [-0.2, -0.15) is 0 Å². The van der Waals surface area contributed by atoms with Crippen LogP contribution in [-0.4, -0.2) is 34.1 Å². The number of methoxy groups -OCH3 is 1. The summed E-state index contributed by atoms with van der Waals surface area (Å²) >= 11 is 4.64. The van der Waals surface area contributed by atoms with Crippen molar-refractivity contribution in [3.63, 3.8) is 0 Å². The zero-order valence-corrected chi connectivity index (χ0v) is 20.3. The normalized spacial score (nSPS) is 13.0. The van der Waals surface area contributed by atoms with Crippen LogP contribution in [0.1, 0.15) is 12.0 Å². The number of thioether (sulfide) groups is 2. The molecule has 1 N–H and O–H groups in total. The summed E-state index contributed by atoms with van der Waals surface area (Å²) < 4.78 is 8.08. The Morgan fingerprint density at radius 1 is 1.18 bits per heavy atom. The number of para-hydroxylation sites is 1. The number of carbonyl (C=O) groups is 1. The minimum atomic E-state index is -0.150. The number of fused-ring (bicyclic) bond motifs is 3. The number of nitrogens with zero attached hydrogens (tertiary/aromatic N) is 2. The summed E-state index contributed by atoms with van der Waals surface area (Å²) in [6, 6.07) is 16.7. The molecule has 0 bridgehead atoms. The maximum absolute atomic E-state index is 13.7. The lowest BCUT2D eigenvalue weighted by Crippen LogP contribution is -2.23. The lowest BCUT2D eigenvalue weighted by molar-refractivity contribution is -0.113. The Balaban J connectivity index is 1.54. The van der Waals surface area contributed by atoms with Crippen molar-refractivity contribution in [2.75, 3.05) is 23.9 Å². The Bertz CT molecular complexity index is 1370. The predicted molar refractivity (Wildman–Crippen MR) is 137 cm³/mol. The number of carbonyl (C=O) groups excluding carboxylic acids is 1. The molecule has 1 amide bonds. The molecule has 4 aromatic rings. The summed E-state index contributed by atoms with van der Waals surface area (Å²) in [5.74, 6) is 1.76. The Hall–Kier alpha value is -2.75. The van der Waals surface area contributed by atoms with Crippen LogP contribution < -0.4 is 15.6 Å². The zero-order chi connectivity index (χ0) is 22.8. The number of anilines is 1. The van der Waals surface area contributed by atoms with Crippen molar-refractivity contribution >= 4 is 56.7 Å². The molecule has 9 heteroatoms. The zero-order valence-electron chi connectivity index (χ0n) is 17.9. The van der Waals surface area contributed by atoms with Gasteiger partial charge < -0.3 is 10.1 Å². The molecule has 5 rings (SSSR count). The van der Waals surface area contributed by atoms with Gasteiger partial charge in [-0.3, -0.25) is 14.2 Å². The van der Waals surface area contributed by atoms with Crippen molar-refractivity contribution in [1.82, 2.24) is 9.55 Å². The van der Waals surface area contributed by atoms with Crippen molar-refractivity contribution in [2.24, 2.45) is 0 Å². The van der Waals surface area contributed by atoms with E-state index in [9.17, 15) is 9.59 Å². The quantitative estimate of drug-likeness (QED) is 0.292. The molecule has 0 saturated heterocycles. The SMILES string of the molecule is COc1ccc(-n2c(SCC(=O)Nc3ccccc3)nc3sc4c(c3c2=O)CCCS4)cc1. The first-order valence-electron chi connectivity index (χ1n) is 10.5. The van der Waals surface area contributed by atoms with Crippen LogP contribution in [0, 0.1) is 0 Å². The third-order valence-corrected chi connectivity index (χ3v) is 8.75. The van der Waals surface area contributed by atoms with E-state index >= 15 is 0 Å². The fourth-order valence-electron chi connectivity index (χ4n) is 3.73. The molecular formula is C24H21N3O3S3. The van der Waals surface area contributed by atoms with Gasteiger partial charge >= 0.3 is 0 Å². The molecule has 0 unspecified atom stereocenters. The first-order valence-corrected chi connectivity index (χ1v) is 13.3. The molecule has 0 spiro atoms. The third kappa shape index (κ3) is 4.53. The van der Waals surface area contributed by atoms with Crippen molar-refractivity contribution in [3.05, 3.63) is 70.5 Å². The van der Waals surface area contributed by atoms with Gasteiger partial charge in [-0.25, -0.2) is 4.98 Å². The molecule has 1 aliphatic rings. The standard InChI is InChI=1S/C24H21N3O3S3/c1-30-17-11-9-16(10-12-17)27-22(29)20-18-8-5-13-31-23(18)33-21(20)26-24(27)32-14-19(28)25-15-6-3-2-4-7-15/h2-4,6-7,9-12H,5,8,13-14H2,1H3,(H,25,28). The van der Waals surface area contributed by atoms with E-state index in [4.69, 9.17) is 9.72 Å². The average Bonchev–Trinajstić information content (AvgIpc) is 3.22. The highest BCUT2D eigenvalue weighted by molar-refractivity contribution is 8.01. The van der Waals surface area contributed by atoms with E-state index in [0.717, 1.165) is 34.7 Å². The lowest BCUT2D eigenvalue weighted by atomic mass is 10.1. The second kappa shape index (κ2) is 9.62. The molecule has 6 nitrogen and oxygen atoms in total. The second-order valence-electron chi connectivity index (χ2n) is 7.44. The predicted octanol–water partition coefficient (Wildman–Crippen LogP) is 5.22. The van der Waals surface area contributed by atoms with Crippen LogP contribution in [0.3, 0.4) is 0 Å². The lowest BCUT2D eigenvalue weighted by Gasteiger charge is -2.14. The number of aromatic nitrogens is 2. The molecule has 0 saturated carbocycles. The fourth-order valence-corrected chi connectivity index (χ4v) is 7.11. The number of amides is 1. The number of hydrogen-bond donors (Lipinski definition) is 1. The van der Waals surface area contributed by atoms with Crippen LogP contribution in [0.5, 0.6) is 5.75 Å². The Labute approximate surface area is 203 Å². The number of benzene rings is 2. The van der Waals surface area contributed by atoms with Crippen molar-refractivity contribution in [1.29, 1.82) is 0 Å². The third-order valence-electron chi connectivity index (χ3n) is 5.28. The van der Waals surface area contributed by atoms with Crippen LogP contribution in [0.4, 0.5) is 5.69 Å². The smallest absolute Gasteiger partial charge is 0.267 e. The molecular weight excluding hydrogens is 474 g/mol. The van der Waals surface area contributed by atoms with Crippen molar-refractivity contribution < 1.29 is 9.53 Å². The first-order chi connectivity index (χ1) is 16.1. The van der Waals surface area contributed by atoms with E-state index in [1.165, 1.54) is 16.0 Å². The molecule has 33 heavy (non-hydrogen) atoms. The monoisotopic (exact) mass is 495 g/mol. The topological polar surface area (TPSA) is 73.2 Å². The summed E-state index contributed by atoms with van der Waals surface area (Å²) in [6.07, 6.45) is 1.95. The van der Waals surface area contributed by atoms with Crippen molar-refractivity contribution in [2.45, 2.75) is 22.2 Å². The molecule has 3 heterocycles. The molecule has 168 valence electrons. The number of aryl methyl sites for hydroxylation is 1. The van der Waals surface area contributed by atoms with E-state index in [0.29, 0.717) is 22.0 Å². The van der Waals surface area contributed by atoms with E-state index < -0.39 is 0 Å². The minimum absolute atomic E-state index is 0.0869. The highest BCUT2D eigenvalue weighted by Gasteiger charge is 2.23. The Kier molecular flexibility index (Phi) is 6.43. The van der Waals surface area contributed by atoms with Crippen molar-refractivity contribution in [3.8, 4) is 11.4 Å². The fraction of sp³-hybridized carbons (Fsp3) is 0.208. The van der Waals surface area contributed by atoms with Crippen LogP contribution in [-0.2, 0) is 11.2 Å². The van der Waals surface area contributed by atoms with Gasteiger partial charge in [0, 0.05) is 5.69 Å². The Morgan fingerprint density at radius 2 is 1.97 bits per heavy atom. The van der Waals surface area contributed by atoms with Gasteiger partial charge in [0.1, 0.15) is 10.6 Å². The van der Waals surface area contributed by atoms with Gasteiger partial charge in [0.05, 0.1) is 28.1 Å². The molecule has 0 aliphatic carbocycles. The molecule has 2 aromatic heterocycles. The van der Waals surface area contributed by atoms with Crippen LogP contribution in [0.25, 0.3) is 15.9 Å². The summed E-state index contributed by atoms with van der Waals surface area (Å²) in [4.78, 5) is 31.9. The highest BCUT2D eigenvalue weighted by Crippen LogP contribution is 2.41. The van der Waals surface area contributed by atoms with E-state index in [1.54, 1.807) is 34.8 Å². The second-order valence-corrected chi connectivity index (χ2v) is 10.7. The summed E-state index contributed by atoms with van der Waals surface area (Å²) in [6.45, 7) is 0. The van der Waals surface area contributed by atoms with Crippen LogP contribution in [0.2, 0.25) is 0 Å². The maximum atomic E-state index is 13.7. The van der Waals surface area contributed by atoms with Gasteiger partial charge in [0.2, 0.25) is 5.91 Å². The summed E-state index contributed by atoms with van der Waals surface area (Å²) in [5.41, 5.74) is 2.46. The van der Waals surface area contributed by atoms with Crippen LogP contribution >= 0.6 is 34.9 Å². The van der Waals surface area contributed by atoms with Gasteiger partial charge in [0.25, 0.3) is 5.56 Å². The number of ether oxygens (including phenoxy) is 1. The summed E-state index contributed by atoms with van der Waals surface area (Å²) in [7, 11) is 1.61. The van der Waals surface area contributed by atoms with Gasteiger partial charge in [-0.15, -0.1) is 23.1 Å². The largest absolute Gasteiger partial charge is 0.497 e. The number of nitrogens with one attached hydrogen (secondary N) is 1. The van der Waals surface area contributed by atoms with Gasteiger partial charge in [-0.05, 0) is 60.6 Å². The first kappa shape index (κ1) is 22.1. The highest BCUT2D eigenvalue weighted by atomic mass is 32.2. The molecule has 2 aromatic carbocycles. The number of hydrogen-bond acceptors (Lipinski definition) is 7. The average molecular weight is 496 g/mol. The molecule has 0 fully saturated rings. The number of thiophene rings is 1. The van der Waals surface area contributed by atoms with Gasteiger partial charge in [0.15, 0.2) is 5.16 Å². The van der Waals surface area contributed by atoms with Gasteiger partial charge in [-0.1, -0.05) is 30.0 Å².